The number of aromatic nitrogens is 2. The van der Waals surface area contributed by atoms with Crippen LogP contribution in [0.1, 0.15) is 50.5 Å². The molecule has 2 nitrogen and oxygen atoms in total. The van der Waals surface area contributed by atoms with E-state index < -0.39 is 0 Å². The molecule has 14 heavy (non-hydrogen) atoms. The Bertz CT molecular complexity index is 263. The average molecular weight is 194 g/mol. The summed E-state index contributed by atoms with van der Waals surface area (Å²) in [5, 5.41) is 0. The molecule has 0 aromatic carbocycles. The molecule has 1 aromatic rings. The minimum atomic E-state index is 1.14. The third kappa shape index (κ3) is 3.52. The van der Waals surface area contributed by atoms with Crippen LogP contribution in [-0.4, -0.2) is 9.55 Å². The van der Waals surface area contributed by atoms with Gasteiger partial charge in [0.25, 0.3) is 0 Å². The van der Waals surface area contributed by atoms with Gasteiger partial charge >= 0.3 is 0 Å². The van der Waals surface area contributed by atoms with E-state index in [1.165, 1.54) is 32.1 Å². The summed E-state index contributed by atoms with van der Waals surface area (Å²) in [7, 11) is 0. The van der Waals surface area contributed by atoms with E-state index >= 15 is 0 Å². The molecule has 1 aromatic heterocycles. The van der Waals surface area contributed by atoms with Gasteiger partial charge in [-0.3, -0.25) is 0 Å². The van der Waals surface area contributed by atoms with Crippen molar-refractivity contribution in [3.8, 4) is 0 Å². The average Bonchev–Trinajstić information content (AvgIpc) is 2.45. The Labute approximate surface area is 87.4 Å². The molecular weight excluding hydrogens is 172 g/mol. The molecule has 0 aliphatic rings. The van der Waals surface area contributed by atoms with Crippen LogP contribution < -0.4 is 0 Å². The maximum absolute atomic E-state index is 4.39. The van der Waals surface area contributed by atoms with Crippen molar-refractivity contribution in [2.24, 2.45) is 0 Å². The third-order valence-corrected chi connectivity index (χ3v) is 2.60. The fraction of sp³-hybridized carbons (Fsp3) is 0.750. The van der Waals surface area contributed by atoms with Crippen molar-refractivity contribution >= 4 is 0 Å². The van der Waals surface area contributed by atoms with Crippen LogP contribution in [-0.2, 0) is 6.54 Å². The zero-order chi connectivity index (χ0) is 10.4. The second-order valence-electron chi connectivity index (χ2n) is 4.04. The molecule has 0 N–H and O–H groups in total. The van der Waals surface area contributed by atoms with E-state index in [-0.39, 0.29) is 0 Å². The van der Waals surface area contributed by atoms with Crippen LogP contribution in [0.5, 0.6) is 0 Å². The Balaban J connectivity index is 2.21. The molecule has 0 aliphatic heterocycles. The first-order valence-corrected chi connectivity index (χ1v) is 5.74. The molecule has 0 aliphatic carbocycles. The highest BCUT2D eigenvalue weighted by Gasteiger charge is 1.99. The minimum Gasteiger partial charge on any atom is -0.335 e. The van der Waals surface area contributed by atoms with E-state index in [4.69, 9.17) is 0 Å². The zero-order valence-electron chi connectivity index (χ0n) is 9.71. The van der Waals surface area contributed by atoms with Gasteiger partial charge in [-0.15, -0.1) is 0 Å². The molecule has 0 fully saturated rings. The highest BCUT2D eigenvalue weighted by Crippen LogP contribution is 2.07. The predicted octanol–water partition coefficient (Wildman–Crippen LogP) is 3.47. The Morgan fingerprint density at radius 2 is 1.86 bits per heavy atom. The number of unbranched alkanes of at least 4 members (excludes halogenated alkanes) is 4. The molecule has 80 valence electrons. The van der Waals surface area contributed by atoms with Crippen molar-refractivity contribution in [3.05, 3.63) is 17.7 Å². The third-order valence-electron chi connectivity index (χ3n) is 2.60. The van der Waals surface area contributed by atoms with E-state index in [1.54, 1.807) is 0 Å². The Morgan fingerprint density at radius 1 is 1.14 bits per heavy atom. The lowest BCUT2D eigenvalue weighted by atomic mass is 10.1. The lowest BCUT2D eigenvalue weighted by molar-refractivity contribution is 0.560. The molecular formula is C12H22N2. The van der Waals surface area contributed by atoms with Gasteiger partial charge in [-0.05, 0) is 20.3 Å². The molecule has 0 saturated carbocycles. The van der Waals surface area contributed by atoms with Crippen LogP contribution in [0.3, 0.4) is 0 Å². The van der Waals surface area contributed by atoms with Crippen LogP contribution in [0.15, 0.2) is 6.20 Å². The largest absolute Gasteiger partial charge is 0.335 e. The quantitative estimate of drug-likeness (QED) is 0.634. The molecule has 0 spiro atoms. The SMILES string of the molecule is CCCCCCCn1cc(C)nc1C. The Kier molecular flexibility index (Phi) is 4.71. The molecule has 1 heterocycles. The summed E-state index contributed by atoms with van der Waals surface area (Å²) in [6, 6.07) is 0. The maximum atomic E-state index is 4.39. The number of hydrogen-bond acceptors (Lipinski definition) is 1. The van der Waals surface area contributed by atoms with Crippen molar-refractivity contribution in [3.63, 3.8) is 0 Å². The smallest absolute Gasteiger partial charge is 0.105 e. The summed E-state index contributed by atoms with van der Waals surface area (Å²) >= 11 is 0. The first kappa shape index (κ1) is 11.3. The number of rotatable bonds is 6. The summed E-state index contributed by atoms with van der Waals surface area (Å²) in [5.74, 6) is 1.15. The first-order chi connectivity index (χ1) is 6.74. The van der Waals surface area contributed by atoms with Gasteiger partial charge in [0.2, 0.25) is 0 Å². The van der Waals surface area contributed by atoms with Crippen molar-refractivity contribution in [1.29, 1.82) is 0 Å². The molecule has 0 amide bonds. The minimum absolute atomic E-state index is 1.14. The highest BCUT2D eigenvalue weighted by molar-refractivity contribution is 4.99. The fourth-order valence-electron chi connectivity index (χ4n) is 1.78. The molecule has 0 atom stereocenters. The maximum Gasteiger partial charge on any atom is 0.105 e. The van der Waals surface area contributed by atoms with Gasteiger partial charge in [-0.25, -0.2) is 4.98 Å². The van der Waals surface area contributed by atoms with E-state index in [0.717, 1.165) is 18.1 Å². The van der Waals surface area contributed by atoms with Gasteiger partial charge in [-0.2, -0.15) is 0 Å². The van der Waals surface area contributed by atoms with Crippen molar-refractivity contribution < 1.29 is 0 Å². The lowest BCUT2D eigenvalue weighted by Crippen LogP contribution is -1.98. The summed E-state index contributed by atoms with van der Waals surface area (Å²) in [4.78, 5) is 4.39. The number of hydrogen-bond donors (Lipinski definition) is 0. The Morgan fingerprint density at radius 3 is 2.43 bits per heavy atom. The summed E-state index contributed by atoms with van der Waals surface area (Å²) < 4.78 is 2.27. The molecule has 1 rings (SSSR count). The van der Waals surface area contributed by atoms with Crippen molar-refractivity contribution in [2.45, 2.75) is 59.4 Å². The number of imidazole rings is 1. The van der Waals surface area contributed by atoms with Crippen molar-refractivity contribution in [1.82, 2.24) is 9.55 Å². The van der Waals surface area contributed by atoms with Gasteiger partial charge in [0.1, 0.15) is 5.82 Å². The van der Waals surface area contributed by atoms with Gasteiger partial charge in [0.05, 0.1) is 5.69 Å². The van der Waals surface area contributed by atoms with Crippen LogP contribution in [0.4, 0.5) is 0 Å². The summed E-state index contributed by atoms with van der Waals surface area (Å²) in [6.45, 7) is 7.53. The highest BCUT2D eigenvalue weighted by atomic mass is 15.1. The van der Waals surface area contributed by atoms with Crippen LogP contribution in [0, 0.1) is 13.8 Å². The van der Waals surface area contributed by atoms with E-state index in [1.807, 2.05) is 0 Å². The van der Waals surface area contributed by atoms with Crippen LogP contribution >= 0.6 is 0 Å². The molecule has 0 unspecified atom stereocenters. The Hall–Kier alpha value is -0.790. The number of nitrogens with zero attached hydrogens (tertiary/aromatic N) is 2. The van der Waals surface area contributed by atoms with Gasteiger partial charge in [-0.1, -0.05) is 32.6 Å². The number of aryl methyl sites for hydroxylation is 3. The second kappa shape index (κ2) is 5.84. The van der Waals surface area contributed by atoms with E-state index in [9.17, 15) is 0 Å². The predicted molar refractivity (Wildman–Crippen MR) is 60.5 cm³/mol. The van der Waals surface area contributed by atoms with E-state index in [2.05, 4.69) is 36.5 Å². The van der Waals surface area contributed by atoms with E-state index in [0.29, 0.717) is 0 Å². The zero-order valence-corrected chi connectivity index (χ0v) is 9.71. The first-order valence-electron chi connectivity index (χ1n) is 5.74. The molecule has 0 radical (unpaired) electrons. The van der Waals surface area contributed by atoms with Crippen LogP contribution in [0.2, 0.25) is 0 Å². The van der Waals surface area contributed by atoms with Gasteiger partial charge in [0.15, 0.2) is 0 Å². The summed E-state index contributed by atoms with van der Waals surface area (Å²) in [6.07, 6.45) is 8.87. The molecule has 0 saturated heterocycles. The second-order valence-corrected chi connectivity index (χ2v) is 4.04. The van der Waals surface area contributed by atoms with Gasteiger partial charge in [0, 0.05) is 12.7 Å². The monoisotopic (exact) mass is 194 g/mol. The van der Waals surface area contributed by atoms with Crippen molar-refractivity contribution in [2.75, 3.05) is 0 Å². The summed E-state index contributed by atoms with van der Waals surface area (Å²) in [5.41, 5.74) is 1.14. The lowest BCUT2D eigenvalue weighted by Gasteiger charge is -2.03. The topological polar surface area (TPSA) is 17.8 Å². The normalized spacial score (nSPS) is 10.8. The van der Waals surface area contributed by atoms with Gasteiger partial charge < -0.3 is 4.57 Å². The standard InChI is InChI=1S/C12H22N2/c1-4-5-6-7-8-9-14-10-11(2)13-12(14)3/h10H,4-9H2,1-3H3. The fourth-order valence-corrected chi connectivity index (χ4v) is 1.78. The van der Waals surface area contributed by atoms with Crippen LogP contribution in [0.25, 0.3) is 0 Å². The molecule has 2 heteroatoms. The molecule has 0 bridgehead atoms.